The number of hydrogen-bond donors (Lipinski definition) is 2. The van der Waals surface area contributed by atoms with Gasteiger partial charge in [-0.15, -0.1) is 0 Å². The van der Waals surface area contributed by atoms with Crippen molar-refractivity contribution in [2.45, 2.75) is 19.9 Å². The lowest BCUT2D eigenvalue weighted by molar-refractivity contribution is 0.414. The Hall–Kier alpha value is -3.28. The van der Waals surface area contributed by atoms with Gasteiger partial charge in [-0.25, -0.2) is 4.98 Å². The minimum atomic E-state index is 0.536. The van der Waals surface area contributed by atoms with Crippen molar-refractivity contribution < 1.29 is 9.15 Å². The molecule has 6 heteroatoms. The van der Waals surface area contributed by atoms with Crippen molar-refractivity contribution in [3.63, 3.8) is 0 Å². The second-order valence-corrected chi connectivity index (χ2v) is 6.46. The lowest BCUT2D eigenvalue weighted by Crippen LogP contribution is -2.37. The first-order valence-electron chi connectivity index (χ1n) is 9.27. The molecule has 0 radical (unpaired) electrons. The normalized spacial score (nSPS) is 11.3. The molecule has 3 aromatic rings. The molecule has 0 aliphatic heterocycles. The number of guanidine groups is 1. The number of ether oxygens (including phenoxy) is 1. The van der Waals surface area contributed by atoms with E-state index in [1.807, 2.05) is 42.5 Å². The summed E-state index contributed by atoms with van der Waals surface area (Å²) in [5, 5.41) is 6.57. The number of rotatable bonds is 7. The first kappa shape index (κ1) is 19.5. The van der Waals surface area contributed by atoms with Crippen LogP contribution in [-0.2, 0) is 13.0 Å². The Bertz CT molecular complexity index is 916. The summed E-state index contributed by atoms with van der Waals surface area (Å²) in [7, 11) is 3.43. The van der Waals surface area contributed by atoms with Crippen LogP contribution < -0.4 is 15.4 Å². The third-order valence-electron chi connectivity index (χ3n) is 4.35. The summed E-state index contributed by atoms with van der Waals surface area (Å²) in [4.78, 5) is 8.79. The van der Waals surface area contributed by atoms with Gasteiger partial charge in [-0.1, -0.05) is 29.8 Å². The maximum atomic E-state index is 5.59. The van der Waals surface area contributed by atoms with Crippen molar-refractivity contribution in [1.82, 2.24) is 15.6 Å². The molecule has 1 heterocycles. The molecule has 2 aromatic carbocycles. The molecule has 0 aliphatic rings. The van der Waals surface area contributed by atoms with E-state index in [1.54, 1.807) is 20.4 Å². The Morgan fingerprint density at radius 1 is 1.14 bits per heavy atom. The zero-order chi connectivity index (χ0) is 19.8. The first-order chi connectivity index (χ1) is 13.7. The van der Waals surface area contributed by atoms with Crippen LogP contribution in [0.15, 0.2) is 64.2 Å². The second-order valence-electron chi connectivity index (χ2n) is 6.46. The van der Waals surface area contributed by atoms with Crippen molar-refractivity contribution in [2.24, 2.45) is 4.99 Å². The Labute approximate surface area is 165 Å². The molecule has 2 N–H and O–H groups in total. The van der Waals surface area contributed by atoms with Gasteiger partial charge in [0.15, 0.2) is 5.96 Å². The van der Waals surface area contributed by atoms with Crippen molar-refractivity contribution in [3.8, 4) is 17.2 Å². The zero-order valence-electron chi connectivity index (χ0n) is 16.5. The largest absolute Gasteiger partial charge is 0.497 e. The average Bonchev–Trinajstić information content (AvgIpc) is 3.20. The van der Waals surface area contributed by atoms with Crippen LogP contribution in [0.5, 0.6) is 5.75 Å². The number of nitrogens with zero attached hydrogens (tertiary/aromatic N) is 2. The van der Waals surface area contributed by atoms with Gasteiger partial charge in [0, 0.05) is 19.2 Å². The molecule has 0 saturated heterocycles. The highest BCUT2D eigenvalue weighted by molar-refractivity contribution is 5.79. The number of oxazole rings is 1. The Morgan fingerprint density at radius 3 is 2.71 bits per heavy atom. The monoisotopic (exact) mass is 378 g/mol. The molecular weight excluding hydrogens is 352 g/mol. The minimum Gasteiger partial charge on any atom is -0.497 e. The standard InChI is InChI=1S/C22H26N4O2/c1-16-7-9-18(10-8-16)21-26-19(15-28-21)14-25-22(23-2)24-12-11-17-5-4-6-20(13-17)27-3/h4-10,13,15H,11-12,14H2,1-3H3,(H2,23,24,25). The molecule has 0 spiro atoms. The molecule has 0 aliphatic carbocycles. The van der Waals surface area contributed by atoms with Gasteiger partial charge < -0.3 is 19.8 Å². The summed E-state index contributed by atoms with van der Waals surface area (Å²) in [6.45, 7) is 3.36. The maximum absolute atomic E-state index is 5.59. The summed E-state index contributed by atoms with van der Waals surface area (Å²) in [6, 6.07) is 16.2. The molecular formula is C22H26N4O2. The van der Waals surface area contributed by atoms with E-state index >= 15 is 0 Å². The quantitative estimate of drug-likeness (QED) is 0.486. The van der Waals surface area contributed by atoms with Crippen molar-refractivity contribution in [3.05, 3.63) is 71.6 Å². The van der Waals surface area contributed by atoms with Gasteiger partial charge in [-0.2, -0.15) is 0 Å². The lowest BCUT2D eigenvalue weighted by atomic mass is 10.1. The molecule has 0 atom stereocenters. The van der Waals surface area contributed by atoms with Gasteiger partial charge in [-0.05, 0) is 43.2 Å². The fraction of sp³-hybridized carbons (Fsp3) is 0.273. The highest BCUT2D eigenvalue weighted by Crippen LogP contribution is 2.19. The maximum Gasteiger partial charge on any atom is 0.226 e. The zero-order valence-corrected chi connectivity index (χ0v) is 16.5. The summed E-state index contributed by atoms with van der Waals surface area (Å²) in [6.07, 6.45) is 2.55. The Kier molecular flexibility index (Phi) is 6.68. The van der Waals surface area contributed by atoms with Gasteiger partial charge in [0.25, 0.3) is 0 Å². The number of aromatic nitrogens is 1. The van der Waals surface area contributed by atoms with Gasteiger partial charge in [-0.3, -0.25) is 4.99 Å². The van der Waals surface area contributed by atoms with Crippen LogP contribution in [0.25, 0.3) is 11.5 Å². The SMILES string of the molecule is CN=C(NCCc1cccc(OC)c1)NCc1coc(-c2ccc(C)cc2)n1. The van der Waals surface area contributed by atoms with Crippen molar-refractivity contribution in [2.75, 3.05) is 20.7 Å². The van der Waals surface area contributed by atoms with Gasteiger partial charge >= 0.3 is 0 Å². The highest BCUT2D eigenvalue weighted by Gasteiger charge is 2.07. The lowest BCUT2D eigenvalue weighted by Gasteiger charge is -2.11. The number of methoxy groups -OCH3 is 1. The predicted octanol–water partition coefficient (Wildman–Crippen LogP) is 3.57. The number of aryl methyl sites for hydroxylation is 1. The molecule has 28 heavy (non-hydrogen) atoms. The molecule has 6 nitrogen and oxygen atoms in total. The van der Waals surface area contributed by atoms with Crippen molar-refractivity contribution >= 4 is 5.96 Å². The van der Waals surface area contributed by atoms with Crippen LogP contribution in [0, 0.1) is 6.92 Å². The fourth-order valence-corrected chi connectivity index (χ4v) is 2.76. The number of aliphatic imine (C=N–C) groups is 1. The van der Waals surface area contributed by atoms with Crippen molar-refractivity contribution in [1.29, 1.82) is 0 Å². The van der Waals surface area contributed by atoms with Crippen LogP contribution in [0.1, 0.15) is 16.8 Å². The Morgan fingerprint density at radius 2 is 1.96 bits per heavy atom. The summed E-state index contributed by atoms with van der Waals surface area (Å²) in [5.74, 6) is 2.22. The smallest absolute Gasteiger partial charge is 0.226 e. The topological polar surface area (TPSA) is 71.7 Å². The summed E-state index contributed by atoms with van der Waals surface area (Å²) in [5.41, 5.74) is 4.21. The van der Waals surface area contributed by atoms with E-state index in [0.717, 1.165) is 35.9 Å². The van der Waals surface area contributed by atoms with E-state index in [9.17, 15) is 0 Å². The van der Waals surface area contributed by atoms with E-state index in [0.29, 0.717) is 12.4 Å². The van der Waals surface area contributed by atoms with Crippen LogP contribution in [-0.4, -0.2) is 31.6 Å². The average molecular weight is 378 g/mol. The first-order valence-corrected chi connectivity index (χ1v) is 9.27. The molecule has 3 rings (SSSR count). The molecule has 146 valence electrons. The predicted molar refractivity (Wildman–Crippen MR) is 112 cm³/mol. The number of hydrogen-bond acceptors (Lipinski definition) is 4. The van der Waals surface area contributed by atoms with E-state index < -0.39 is 0 Å². The van der Waals surface area contributed by atoms with E-state index in [4.69, 9.17) is 9.15 Å². The Balaban J connectivity index is 1.48. The van der Waals surface area contributed by atoms with Crippen LogP contribution >= 0.6 is 0 Å². The third kappa shape index (κ3) is 5.36. The molecule has 0 unspecified atom stereocenters. The second kappa shape index (κ2) is 9.60. The van der Waals surface area contributed by atoms with Crippen LogP contribution in [0.3, 0.4) is 0 Å². The van der Waals surface area contributed by atoms with Gasteiger partial charge in [0.05, 0.1) is 19.3 Å². The summed E-state index contributed by atoms with van der Waals surface area (Å²) < 4.78 is 10.9. The van der Waals surface area contributed by atoms with Gasteiger partial charge in [0.1, 0.15) is 12.0 Å². The number of nitrogens with one attached hydrogen (secondary N) is 2. The fourth-order valence-electron chi connectivity index (χ4n) is 2.76. The molecule has 0 fully saturated rings. The third-order valence-corrected chi connectivity index (χ3v) is 4.35. The number of benzene rings is 2. The molecule has 1 aromatic heterocycles. The van der Waals surface area contributed by atoms with E-state index in [2.05, 4.69) is 33.6 Å². The summed E-state index contributed by atoms with van der Waals surface area (Å²) >= 11 is 0. The van der Waals surface area contributed by atoms with Crippen LogP contribution in [0.2, 0.25) is 0 Å². The molecule has 0 saturated carbocycles. The van der Waals surface area contributed by atoms with Gasteiger partial charge in [0.2, 0.25) is 5.89 Å². The van der Waals surface area contributed by atoms with E-state index in [1.165, 1.54) is 11.1 Å². The van der Waals surface area contributed by atoms with Crippen LogP contribution in [0.4, 0.5) is 0 Å². The highest BCUT2D eigenvalue weighted by atomic mass is 16.5. The minimum absolute atomic E-state index is 0.536. The molecule has 0 amide bonds. The van der Waals surface area contributed by atoms with E-state index in [-0.39, 0.29) is 0 Å². The molecule has 0 bridgehead atoms.